The van der Waals surface area contributed by atoms with E-state index in [4.69, 9.17) is 9.72 Å². The Kier molecular flexibility index (Phi) is 6.02. The van der Waals surface area contributed by atoms with Crippen LogP contribution in [0.25, 0.3) is 22.6 Å². The molecule has 5 rings (SSSR count). The zero-order valence-electron chi connectivity index (χ0n) is 17.8. The summed E-state index contributed by atoms with van der Waals surface area (Å²) in [5, 5.41) is 5.26. The Morgan fingerprint density at radius 1 is 1.16 bits per heavy atom. The highest BCUT2D eigenvalue weighted by Crippen LogP contribution is 2.34. The molecule has 0 spiro atoms. The first-order valence-electron chi connectivity index (χ1n) is 11.2. The van der Waals surface area contributed by atoms with Crippen LogP contribution in [0, 0.1) is 0 Å². The van der Waals surface area contributed by atoms with E-state index in [9.17, 15) is 4.79 Å². The van der Waals surface area contributed by atoms with E-state index in [0.29, 0.717) is 6.54 Å². The largest absolute Gasteiger partial charge is 0.379 e. The van der Waals surface area contributed by atoms with Crippen molar-refractivity contribution < 1.29 is 9.53 Å². The van der Waals surface area contributed by atoms with Crippen LogP contribution < -0.4 is 5.32 Å². The van der Waals surface area contributed by atoms with Gasteiger partial charge in [-0.15, -0.1) is 11.3 Å². The number of ether oxygens (including phenoxy) is 1. The Morgan fingerprint density at radius 3 is 2.74 bits per heavy atom. The quantitative estimate of drug-likeness (QED) is 0.638. The molecular weight excluding hydrogens is 410 g/mol. The van der Waals surface area contributed by atoms with Gasteiger partial charge in [-0.1, -0.05) is 31.4 Å². The number of morpholine rings is 1. The molecule has 0 atom stereocenters. The third-order valence-corrected chi connectivity index (χ3v) is 7.28. The van der Waals surface area contributed by atoms with Crippen LogP contribution >= 0.6 is 11.3 Å². The number of hydrogen-bond acceptors (Lipinski definition) is 6. The molecule has 2 aromatic heterocycles. The highest BCUT2D eigenvalue weighted by molar-refractivity contribution is 7.07. The van der Waals surface area contributed by atoms with Crippen LogP contribution in [0.4, 0.5) is 0 Å². The number of rotatable bonds is 6. The molecule has 2 fully saturated rings. The van der Waals surface area contributed by atoms with Gasteiger partial charge in [0.05, 0.1) is 29.8 Å². The molecule has 2 aliphatic rings. The van der Waals surface area contributed by atoms with E-state index in [1.54, 1.807) is 5.51 Å². The maximum Gasteiger partial charge on any atom is 0.240 e. The minimum absolute atomic E-state index is 0.0258. The molecule has 164 valence electrons. The number of aromatic nitrogens is 3. The van der Waals surface area contributed by atoms with Gasteiger partial charge < -0.3 is 14.6 Å². The number of para-hydroxylation sites is 2. The highest BCUT2D eigenvalue weighted by Gasteiger charge is 2.38. The van der Waals surface area contributed by atoms with Crippen LogP contribution in [0.15, 0.2) is 35.2 Å². The third-order valence-electron chi connectivity index (χ3n) is 6.70. The summed E-state index contributed by atoms with van der Waals surface area (Å²) in [5.74, 6) is 0.774. The van der Waals surface area contributed by atoms with E-state index in [-0.39, 0.29) is 18.0 Å². The second-order valence-corrected chi connectivity index (χ2v) is 9.26. The van der Waals surface area contributed by atoms with Crippen LogP contribution in [0.5, 0.6) is 0 Å². The molecule has 8 heteroatoms. The third kappa shape index (κ3) is 4.24. The molecule has 1 aliphatic carbocycles. The van der Waals surface area contributed by atoms with E-state index >= 15 is 0 Å². The van der Waals surface area contributed by atoms with Crippen molar-refractivity contribution in [2.75, 3.05) is 32.8 Å². The molecule has 0 radical (unpaired) electrons. The number of carbonyl (C=O) groups excluding carboxylic acids is 1. The van der Waals surface area contributed by atoms with Gasteiger partial charge in [0.2, 0.25) is 5.91 Å². The van der Waals surface area contributed by atoms with Gasteiger partial charge in [-0.25, -0.2) is 9.97 Å². The lowest BCUT2D eigenvalue weighted by Crippen LogP contribution is -2.59. The number of nitrogens with zero attached hydrogens (tertiary/aromatic N) is 4. The van der Waals surface area contributed by atoms with Crippen LogP contribution in [0.1, 0.15) is 32.1 Å². The second kappa shape index (κ2) is 9.06. The number of imidazole rings is 1. The monoisotopic (exact) mass is 439 g/mol. The van der Waals surface area contributed by atoms with Gasteiger partial charge in [0.1, 0.15) is 12.2 Å². The lowest BCUT2D eigenvalue weighted by molar-refractivity contribution is -0.122. The van der Waals surface area contributed by atoms with Crippen LogP contribution in [-0.4, -0.2) is 63.7 Å². The number of nitrogens with one attached hydrogen (secondary N) is 1. The predicted octanol–water partition coefficient (Wildman–Crippen LogP) is 3.31. The maximum atomic E-state index is 13.1. The molecule has 3 heterocycles. The molecule has 0 unspecified atom stereocenters. The second-order valence-electron chi connectivity index (χ2n) is 8.55. The number of amides is 1. The van der Waals surface area contributed by atoms with E-state index in [1.165, 1.54) is 30.6 Å². The van der Waals surface area contributed by atoms with Gasteiger partial charge in [-0.3, -0.25) is 9.69 Å². The summed E-state index contributed by atoms with van der Waals surface area (Å²) in [6.07, 6.45) is 6.04. The normalized spacial score (nSPS) is 19.5. The molecule has 1 saturated carbocycles. The molecule has 1 N–H and O–H groups in total. The summed E-state index contributed by atoms with van der Waals surface area (Å²) in [4.78, 5) is 24.9. The Bertz CT molecular complexity index is 1020. The number of carbonyl (C=O) groups is 1. The first kappa shape index (κ1) is 20.6. The topological polar surface area (TPSA) is 72.3 Å². The first-order chi connectivity index (χ1) is 15.3. The minimum Gasteiger partial charge on any atom is -0.379 e. The van der Waals surface area contributed by atoms with Crippen molar-refractivity contribution in [3.8, 4) is 11.5 Å². The van der Waals surface area contributed by atoms with Crippen LogP contribution in [-0.2, 0) is 16.1 Å². The van der Waals surface area contributed by atoms with Gasteiger partial charge in [0, 0.05) is 30.6 Å². The molecule has 1 aromatic carbocycles. The van der Waals surface area contributed by atoms with Crippen molar-refractivity contribution in [2.45, 2.75) is 44.2 Å². The highest BCUT2D eigenvalue weighted by atomic mass is 32.1. The van der Waals surface area contributed by atoms with Gasteiger partial charge in [-0.2, -0.15) is 0 Å². The first-order valence-corrected chi connectivity index (χ1v) is 12.1. The average molecular weight is 440 g/mol. The summed E-state index contributed by atoms with van der Waals surface area (Å²) in [7, 11) is 0. The van der Waals surface area contributed by atoms with Crippen molar-refractivity contribution in [3.05, 3.63) is 35.2 Å². The number of benzene rings is 1. The van der Waals surface area contributed by atoms with Crippen LogP contribution in [0.3, 0.4) is 0 Å². The summed E-state index contributed by atoms with van der Waals surface area (Å²) >= 11 is 1.54. The maximum absolute atomic E-state index is 13.1. The Balaban J connectivity index is 1.34. The molecule has 1 saturated heterocycles. The molecule has 0 bridgehead atoms. The van der Waals surface area contributed by atoms with Gasteiger partial charge in [-0.05, 0) is 25.0 Å². The zero-order valence-corrected chi connectivity index (χ0v) is 18.6. The summed E-state index contributed by atoms with van der Waals surface area (Å²) < 4.78 is 7.56. The Labute approximate surface area is 186 Å². The summed E-state index contributed by atoms with van der Waals surface area (Å²) in [6, 6.07) is 7.95. The minimum atomic E-state index is 0.0258. The smallest absolute Gasteiger partial charge is 0.240 e. The molecule has 1 aliphatic heterocycles. The Morgan fingerprint density at radius 2 is 1.97 bits per heavy atom. The fourth-order valence-corrected chi connectivity index (χ4v) is 5.60. The predicted molar refractivity (Wildman–Crippen MR) is 122 cm³/mol. The van der Waals surface area contributed by atoms with Crippen molar-refractivity contribution in [2.24, 2.45) is 0 Å². The molecule has 1 amide bonds. The van der Waals surface area contributed by atoms with E-state index in [0.717, 1.165) is 61.7 Å². The fourth-order valence-electron chi connectivity index (χ4n) is 5.07. The Hall–Kier alpha value is -2.29. The van der Waals surface area contributed by atoms with Crippen molar-refractivity contribution in [1.29, 1.82) is 0 Å². The van der Waals surface area contributed by atoms with E-state index in [1.807, 2.05) is 34.2 Å². The van der Waals surface area contributed by atoms with Gasteiger partial charge in [0.25, 0.3) is 0 Å². The molecule has 31 heavy (non-hydrogen) atoms. The number of thiazole rings is 1. The van der Waals surface area contributed by atoms with Gasteiger partial charge >= 0.3 is 0 Å². The summed E-state index contributed by atoms with van der Waals surface area (Å²) in [6.45, 7) is 4.42. The standard InChI is InChI=1S/C23H29N5O2S/c29-21(24-16-23(8-4-1-5-9-23)27-10-12-30-13-11-27)14-28-20-7-3-2-6-18(20)26-22(28)19-15-31-17-25-19/h2-3,6-7,15,17H,1,4-5,8-14,16H2,(H,24,29). The average Bonchev–Trinajstić information content (AvgIpc) is 3.48. The van der Waals surface area contributed by atoms with E-state index in [2.05, 4.69) is 15.2 Å². The summed E-state index contributed by atoms with van der Waals surface area (Å²) in [5.41, 5.74) is 4.52. The van der Waals surface area contributed by atoms with Gasteiger partial charge in [0.15, 0.2) is 5.82 Å². The van der Waals surface area contributed by atoms with Crippen molar-refractivity contribution >= 4 is 28.3 Å². The SMILES string of the molecule is O=C(Cn1c(-c2cscn2)nc2ccccc21)NCC1(N2CCOCC2)CCCCC1. The van der Waals surface area contributed by atoms with E-state index < -0.39 is 0 Å². The molecule has 3 aromatic rings. The number of fused-ring (bicyclic) bond motifs is 1. The van der Waals surface area contributed by atoms with Crippen molar-refractivity contribution in [1.82, 2.24) is 24.8 Å². The number of hydrogen-bond donors (Lipinski definition) is 1. The molecular formula is C23H29N5O2S. The molecule has 7 nitrogen and oxygen atoms in total. The fraction of sp³-hybridized carbons (Fsp3) is 0.522. The lowest BCUT2D eigenvalue weighted by atomic mass is 9.79. The van der Waals surface area contributed by atoms with Crippen LogP contribution in [0.2, 0.25) is 0 Å². The van der Waals surface area contributed by atoms with Crippen molar-refractivity contribution in [3.63, 3.8) is 0 Å². The lowest BCUT2D eigenvalue weighted by Gasteiger charge is -2.48. The zero-order chi connectivity index (χ0) is 21.1.